The second kappa shape index (κ2) is 10.9. The highest BCUT2D eigenvalue weighted by atomic mass is 19.4. The van der Waals surface area contributed by atoms with E-state index < -0.39 is 12.7 Å². The van der Waals surface area contributed by atoms with E-state index in [1.807, 2.05) is 0 Å². The van der Waals surface area contributed by atoms with Crippen LogP contribution in [0.25, 0.3) is 0 Å². The van der Waals surface area contributed by atoms with E-state index in [4.69, 9.17) is 0 Å². The van der Waals surface area contributed by atoms with Crippen molar-refractivity contribution in [2.24, 2.45) is 16.8 Å². The van der Waals surface area contributed by atoms with Gasteiger partial charge in [0.2, 0.25) is 5.91 Å². The maximum Gasteiger partial charge on any atom is 0.401 e. The van der Waals surface area contributed by atoms with Crippen LogP contribution < -0.4 is 10.6 Å². The number of nitrogens with one attached hydrogen (secondary N) is 2. The van der Waals surface area contributed by atoms with Gasteiger partial charge in [0.1, 0.15) is 0 Å². The van der Waals surface area contributed by atoms with Crippen molar-refractivity contribution in [2.75, 3.05) is 53.4 Å². The minimum atomic E-state index is -4.10. The summed E-state index contributed by atoms with van der Waals surface area (Å²) >= 11 is 0. The minimum Gasteiger partial charge on any atom is -0.359 e. The summed E-state index contributed by atoms with van der Waals surface area (Å²) in [4.78, 5) is 19.6. The molecule has 0 spiro atoms. The molecule has 0 atom stereocenters. The molecule has 0 aliphatic carbocycles. The van der Waals surface area contributed by atoms with Crippen LogP contribution in [0.15, 0.2) is 4.99 Å². The summed E-state index contributed by atoms with van der Waals surface area (Å²) in [5, 5.41) is 6.09. The first kappa shape index (κ1) is 22.8. The highest BCUT2D eigenvalue weighted by Gasteiger charge is 2.32. The maximum absolute atomic E-state index is 12.5. The Hall–Kier alpha value is -1.51. The number of alkyl halides is 3. The Balaban J connectivity index is 1.64. The first-order chi connectivity index (χ1) is 13.3. The Morgan fingerprint density at radius 1 is 1.07 bits per heavy atom. The van der Waals surface area contributed by atoms with Crippen molar-refractivity contribution < 1.29 is 18.0 Å². The molecule has 0 aromatic carbocycles. The molecule has 1 amide bonds. The highest BCUT2D eigenvalue weighted by Crippen LogP contribution is 2.24. The van der Waals surface area contributed by atoms with Crippen LogP contribution in [-0.2, 0) is 4.79 Å². The van der Waals surface area contributed by atoms with Gasteiger partial charge in [-0.25, -0.2) is 0 Å². The Morgan fingerprint density at radius 3 is 2.21 bits per heavy atom. The largest absolute Gasteiger partial charge is 0.401 e. The zero-order valence-corrected chi connectivity index (χ0v) is 17.0. The van der Waals surface area contributed by atoms with E-state index in [9.17, 15) is 18.0 Å². The molecule has 6 nitrogen and oxygen atoms in total. The van der Waals surface area contributed by atoms with Crippen molar-refractivity contribution >= 4 is 11.9 Å². The quantitative estimate of drug-likeness (QED) is 0.525. The summed E-state index contributed by atoms with van der Waals surface area (Å²) in [5.74, 6) is 1.87. The molecular weight excluding hydrogens is 371 g/mol. The normalized spacial score (nSPS) is 21.0. The Morgan fingerprint density at radius 2 is 1.68 bits per heavy atom. The lowest BCUT2D eigenvalue weighted by molar-refractivity contribution is -0.148. The smallest absolute Gasteiger partial charge is 0.359 e. The van der Waals surface area contributed by atoms with Gasteiger partial charge in [0.15, 0.2) is 5.96 Å². The summed E-state index contributed by atoms with van der Waals surface area (Å²) in [5.41, 5.74) is 0. The van der Waals surface area contributed by atoms with Gasteiger partial charge in [-0.15, -0.1) is 0 Å². The predicted octanol–water partition coefficient (Wildman–Crippen LogP) is 2.07. The lowest BCUT2D eigenvalue weighted by Crippen LogP contribution is -2.46. The number of rotatable bonds is 6. The lowest BCUT2D eigenvalue weighted by Gasteiger charge is -2.35. The number of guanidine groups is 1. The van der Waals surface area contributed by atoms with Gasteiger partial charge in [0, 0.05) is 40.2 Å². The fraction of sp³-hybridized carbons (Fsp3) is 0.895. The average Bonchev–Trinajstić information content (AvgIpc) is 2.66. The molecule has 0 saturated carbocycles. The Labute approximate surface area is 165 Å². The number of hydrogen-bond acceptors (Lipinski definition) is 3. The average molecular weight is 406 g/mol. The van der Waals surface area contributed by atoms with E-state index in [1.54, 1.807) is 14.1 Å². The first-order valence-corrected chi connectivity index (χ1v) is 10.3. The Bertz CT molecular complexity index is 510. The summed E-state index contributed by atoms with van der Waals surface area (Å²) in [7, 11) is 3.44. The van der Waals surface area contributed by atoms with E-state index in [2.05, 4.69) is 20.5 Å². The van der Waals surface area contributed by atoms with Crippen LogP contribution >= 0.6 is 0 Å². The van der Waals surface area contributed by atoms with Crippen molar-refractivity contribution in [3.05, 3.63) is 0 Å². The SMILES string of the molecule is CN=C(NCCC1CCN(CC(F)(F)F)CC1)N1CCC(CC(=O)NC)CC1. The molecule has 28 heavy (non-hydrogen) atoms. The zero-order chi connectivity index (χ0) is 20.6. The van der Waals surface area contributed by atoms with E-state index >= 15 is 0 Å². The topological polar surface area (TPSA) is 60.0 Å². The van der Waals surface area contributed by atoms with Gasteiger partial charge in [-0.2, -0.15) is 13.2 Å². The fourth-order valence-corrected chi connectivity index (χ4v) is 4.12. The molecule has 0 radical (unpaired) electrons. The molecule has 0 unspecified atom stereocenters. The summed E-state index contributed by atoms with van der Waals surface area (Å²) in [6.45, 7) is 2.82. The van der Waals surface area contributed by atoms with Crippen LogP contribution in [0.2, 0.25) is 0 Å². The van der Waals surface area contributed by atoms with Crippen LogP contribution in [0, 0.1) is 11.8 Å². The predicted molar refractivity (Wildman–Crippen MR) is 104 cm³/mol. The van der Waals surface area contributed by atoms with Crippen molar-refractivity contribution in [3.63, 3.8) is 0 Å². The van der Waals surface area contributed by atoms with Gasteiger partial charge in [0.25, 0.3) is 0 Å². The molecule has 2 N–H and O–H groups in total. The standard InChI is InChI=1S/C19H34F3N5O/c1-23-17(28)13-16-6-11-27(12-7-16)18(24-2)25-8-3-15-4-9-26(10-5-15)14-19(20,21)22/h15-16H,3-14H2,1-2H3,(H,23,28)(H,24,25). The molecule has 162 valence electrons. The third kappa shape index (κ3) is 7.85. The van der Waals surface area contributed by atoms with Gasteiger partial charge in [-0.05, 0) is 57.0 Å². The van der Waals surface area contributed by atoms with Crippen LogP contribution in [-0.4, -0.2) is 81.2 Å². The Kier molecular flexibility index (Phi) is 8.85. The monoisotopic (exact) mass is 405 g/mol. The molecular formula is C19H34F3N5O. The summed E-state index contributed by atoms with van der Waals surface area (Å²) in [6.07, 6.45) is 1.03. The van der Waals surface area contributed by atoms with Crippen molar-refractivity contribution in [2.45, 2.75) is 44.7 Å². The fourth-order valence-electron chi connectivity index (χ4n) is 4.12. The van der Waals surface area contributed by atoms with Gasteiger partial charge >= 0.3 is 6.18 Å². The van der Waals surface area contributed by atoms with Crippen molar-refractivity contribution in [3.8, 4) is 0 Å². The first-order valence-electron chi connectivity index (χ1n) is 10.3. The molecule has 9 heteroatoms. The molecule has 2 aliphatic heterocycles. The van der Waals surface area contributed by atoms with Gasteiger partial charge in [0.05, 0.1) is 6.54 Å². The number of carbonyl (C=O) groups is 1. The third-order valence-corrected chi connectivity index (χ3v) is 5.82. The third-order valence-electron chi connectivity index (χ3n) is 5.82. The minimum absolute atomic E-state index is 0.0993. The van der Waals surface area contributed by atoms with Crippen LogP contribution in [0.1, 0.15) is 38.5 Å². The van der Waals surface area contributed by atoms with E-state index in [0.29, 0.717) is 31.3 Å². The molecule has 2 rings (SSSR count). The molecule has 0 bridgehead atoms. The number of nitrogens with zero attached hydrogens (tertiary/aromatic N) is 3. The summed E-state index contributed by atoms with van der Waals surface area (Å²) < 4.78 is 37.4. The molecule has 2 fully saturated rings. The second-order valence-corrected chi connectivity index (χ2v) is 7.91. The number of carbonyl (C=O) groups excluding carboxylic acids is 1. The van der Waals surface area contributed by atoms with Crippen LogP contribution in [0.4, 0.5) is 13.2 Å². The molecule has 2 heterocycles. The zero-order valence-electron chi connectivity index (χ0n) is 17.0. The molecule has 0 aromatic rings. The van der Waals surface area contributed by atoms with Gasteiger partial charge in [-0.3, -0.25) is 14.7 Å². The maximum atomic E-state index is 12.5. The van der Waals surface area contributed by atoms with Crippen LogP contribution in [0.3, 0.4) is 0 Å². The van der Waals surface area contributed by atoms with Gasteiger partial charge < -0.3 is 15.5 Å². The number of aliphatic imine (C=N–C) groups is 1. The summed E-state index contributed by atoms with van der Waals surface area (Å²) in [6, 6.07) is 0. The van der Waals surface area contributed by atoms with E-state index in [-0.39, 0.29) is 5.91 Å². The van der Waals surface area contributed by atoms with E-state index in [1.165, 1.54) is 4.90 Å². The van der Waals surface area contributed by atoms with Crippen LogP contribution in [0.5, 0.6) is 0 Å². The number of halogens is 3. The molecule has 2 aliphatic rings. The number of hydrogen-bond donors (Lipinski definition) is 2. The second-order valence-electron chi connectivity index (χ2n) is 7.91. The number of amides is 1. The lowest BCUT2D eigenvalue weighted by atomic mass is 9.93. The molecule has 0 aromatic heterocycles. The van der Waals surface area contributed by atoms with Gasteiger partial charge in [-0.1, -0.05) is 0 Å². The van der Waals surface area contributed by atoms with Crippen molar-refractivity contribution in [1.29, 1.82) is 0 Å². The van der Waals surface area contributed by atoms with E-state index in [0.717, 1.165) is 57.7 Å². The molecule has 2 saturated heterocycles. The van der Waals surface area contributed by atoms with Crippen molar-refractivity contribution in [1.82, 2.24) is 20.4 Å². The number of piperidine rings is 2. The highest BCUT2D eigenvalue weighted by molar-refractivity contribution is 5.80. The number of likely N-dealkylation sites (tertiary alicyclic amines) is 2.